The van der Waals surface area contributed by atoms with Crippen LogP contribution in [-0.4, -0.2) is 13.1 Å². The Balaban J connectivity index is 2.21. The van der Waals surface area contributed by atoms with Crippen molar-refractivity contribution < 1.29 is 8.78 Å². The van der Waals surface area contributed by atoms with Gasteiger partial charge >= 0.3 is 0 Å². The molecule has 1 saturated heterocycles. The SMILES string of the molecule is FC(F)c1cccc(N2CCCC2)c1. The summed E-state index contributed by atoms with van der Waals surface area (Å²) in [7, 11) is 0. The molecule has 0 bridgehead atoms. The summed E-state index contributed by atoms with van der Waals surface area (Å²) < 4.78 is 24.8. The van der Waals surface area contributed by atoms with Gasteiger partial charge in [0, 0.05) is 24.3 Å². The molecule has 0 radical (unpaired) electrons. The molecule has 0 aliphatic carbocycles. The van der Waals surface area contributed by atoms with Gasteiger partial charge in [-0.05, 0) is 25.0 Å². The van der Waals surface area contributed by atoms with Crippen LogP contribution in [0.3, 0.4) is 0 Å². The largest absolute Gasteiger partial charge is 0.372 e. The van der Waals surface area contributed by atoms with Gasteiger partial charge in [-0.1, -0.05) is 12.1 Å². The van der Waals surface area contributed by atoms with Crippen molar-refractivity contribution in [3.05, 3.63) is 29.8 Å². The van der Waals surface area contributed by atoms with E-state index in [1.165, 1.54) is 18.9 Å². The Hall–Kier alpha value is -1.12. The van der Waals surface area contributed by atoms with Crippen molar-refractivity contribution in [2.75, 3.05) is 18.0 Å². The van der Waals surface area contributed by atoms with Crippen LogP contribution in [0.5, 0.6) is 0 Å². The van der Waals surface area contributed by atoms with Gasteiger partial charge in [0.15, 0.2) is 0 Å². The molecule has 1 nitrogen and oxygen atoms in total. The molecular weight excluding hydrogens is 184 g/mol. The number of alkyl halides is 2. The van der Waals surface area contributed by atoms with Crippen molar-refractivity contribution in [2.24, 2.45) is 0 Å². The fraction of sp³-hybridized carbons (Fsp3) is 0.455. The van der Waals surface area contributed by atoms with E-state index >= 15 is 0 Å². The molecule has 14 heavy (non-hydrogen) atoms. The maximum absolute atomic E-state index is 12.4. The van der Waals surface area contributed by atoms with Crippen molar-refractivity contribution >= 4 is 5.69 Å². The zero-order valence-corrected chi connectivity index (χ0v) is 7.92. The summed E-state index contributed by atoms with van der Waals surface area (Å²) >= 11 is 0. The third kappa shape index (κ3) is 1.86. The van der Waals surface area contributed by atoms with Crippen LogP contribution in [0, 0.1) is 0 Å². The predicted molar refractivity (Wildman–Crippen MR) is 52.8 cm³/mol. The van der Waals surface area contributed by atoms with Crippen LogP contribution < -0.4 is 4.90 Å². The van der Waals surface area contributed by atoms with E-state index < -0.39 is 6.43 Å². The minimum absolute atomic E-state index is 0.120. The quantitative estimate of drug-likeness (QED) is 0.703. The van der Waals surface area contributed by atoms with Gasteiger partial charge in [-0.3, -0.25) is 0 Å². The number of anilines is 1. The summed E-state index contributed by atoms with van der Waals surface area (Å²) in [5.41, 5.74) is 1.05. The number of halogens is 2. The van der Waals surface area contributed by atoms with Gasteiger partial charge in [0.25, 0.3) is 6.43 Å². The average molecular weight is 197 g/mol. The van der Waals surface area contributed by atoms with Crippen LogP contribution in [0.1, 0.15) is 24.8 Å². The van der Waals surface area contributed by atoms with Gasteiger partial charge in [-0.2, -0.15) is 0 Å². The van der Waals surface area contributed by atoms with Crippen LogP contribution in [0.4, 0.5) is 14.5 Å². The predicted octanol–water partition coefficient (Wildman–Crippen LogP) is 3.22. The highest BCUT2D eigenvalue weighted by molar-refractivity contribution is 5.49. The smallest absolute Gasteiger partial charge is 0.263 e. The third-order valence-electron chi connectivity index (χ3n) is 2.59. The second-order valence-electron chi connectivity index (χ2n) is 3.59. The van der Waals surface area contributed by atoms with Crippen molar-refractivity contribution in [1.29, 1.82) is 0 Å². The van der Waals surface area contributed by atoms with E-state index in [-0.39, 0.29) is 5.56 Å². The molecule has 1 aliphatic heterocycles. The molecule has 76 valence electrons. The number of hydrogen-bond donors (Lipinski definition) is 0. The van der Waals surface area contributed by atoms with Crippen molar-refractivity contribution in [2.45, 2.75) is 19.3 Å². The normalized spacial score (nSPS) is 16.6. The molecule has 1 heterocycles. The summed E-state index contributed by atoms with van der Waals surface area (Å²) in [6.07, 6.45) is -0.0322. The van der Waals surface area contributed by atoms with E-state index in [0.29, 0.717) is 0 Å². The molecular formula is C11H13F2N. The Bertz CT molecular complexity index is 306. The monoisotopic (exact) mass is 197 g/mol. The Morgan fingerprint density at radius 3 is 2.50 bits per heavy atom. The summed E-state index contributed by atoms with van der Waals surface area (Å²) in [6.45, 7) is 1.99. The first kappa shape index (κ1) is 9.44. The van der Waals surface area contributed by atoms with Gasteiger partial charge < -0.3 is 4.90 Å². The van der Waals surface area contributed by atoms with Crippen LogP contribution >= 0.6 is 0 Å². The minimum Gasteiger partial charge on any atom is -0.372 e. The second-order valence-corrected chi connectivity index (χ2v) is 3.59. The highest BCUT2D eigenvalue weighted by Gasteiger charge is 2.14. The van der Waals surface area contributed by atoms with Gasteiger partial charge in [0.2, 0.25) is 0 Å². The maximum atomic E-state index is 12.4. The fourth-order valence-electron chi connectivity index (χ4n) is 1.83. The van der Waals surface area contributed by atoms with E-state index in [0.717, 1.165) is 18.8 Å². The Labute approximate surface area is 82.3 Å². The number of rotatable bonds is 2. The molecule has 0 aromatic heterocycles. The van der Waals surface area contributed by atoms with Gasteiger partial charge in [0.1, 0.15) is 0 Å². The molecule has 1 fully saturated rings. The summed E-state index contributed by atoms with van der Waals surface area (Å²) in [4.78, 5) is 2.16. The maximum Gasteiger partial charge on any atom is 0.263 e. The molecule has 1 aliphatic rings. The highest BCUT2D eigenvalue weighted by atomic mass is 19.3. The standard InChI is InChI=1S/C11H13F2N/c12-11(13)9-4-3-5-10(8-9)14-6-1-2-7-14/h3-5,8,11H,1-2,6-7H2. The van der Waals surface area contributed by atoms with Crippen LogP contribution in [-0.2, 0) is 0 Å². The first-order valence-corrected chi connectivity index (χ1v) is 4.90. The zero-order chi connectivity index (χ0) is 9.97. The lowest BCUT2D eigenvalue weighted by Gasteiger charge is -2.18. The zero-order valence-electron chi connectivity index (χ0n) is 7.92. The van der Waals surface area contributed by atoms with Crippen molar-refractivity contribution in [1.82, 2.24) is 0 Å². The van der Waals surface area contributed by atoms with E-state index in [1.54, 1.807) is 12.1 Å². The number of nitrogens with zero attached hydrogens (tertiary/aromatic N) is 1. The molecule has 0 saturated carbocycles. The topological polar surface area (TPSA) is 3.24 Å². The molecule has 1 aromatic carbocycles. The molecule has 0 amide bonds. The molecule has 0 unspecified atom stereocenters. The van der Waals surface area contributed by atoms with Crippen molar-refractivity contribution in [3.8, 4) is 0 Å². The van der Waals surface area contributed by atoms with Gasteiger partial charge in [-0.25, -0.2) is 8.78 Å². The lowest BCUT2D eigenvalue weighted by Crippen LogP contribution is -2.17. The lowest BCUT2D eigenvalue weighted by molar-refractivity contribution is 0.151. The Morgan fingerprint density at radius 2 is 1.86 bits per heavy atom. The van der Waals surface area contributed by atoms with Crippen molar-refractivity contribution in [3.63, 3.8) is 0 Å². The second kappa shape index (κ2) is 3.95. The summed E-state index contributed by atoms with van der Waals surface area (Å²) in [5, 5.41) is 0. The van der Waals surface area contributed by atoms with Crippen LogP contribution in [0.25, 0.3) is 0 Å². The summed E-state index contributed by atoms with van der Waals surface area (Å²) in [5.74, 6) is 0. The molecule has 0 N–H and O–H groups in total. The van der Waals surface area contributed by atoms with E-state index in [2.05, 4.69) is 4.90 Å². The Morgan fingerprint density at radius 1 is 1.14 bits per heavy atom. The number of hydrogen-bond acceptors (Lipinski definition) is 1. The van der Waals surface area contributed by atoms with Gasteiger partial charge in [0.05, 0.1) is 0 Å². The Kier molecular flexibility index (Phi) is 2.66. The lowest BCUT2D eigenvalue weighted by atomic mass is 10.2. The van der Waals surface area contributed by atoms with E-state index in [1.807, 2.05) is 6.07 Å². The molecule has 1 aromatic rings. The highest BCUT2D eigenvalue weighted by Crippen LogP contribution is 2.25. The van der Waals surface area contributed by atoms with E-state index in [9.17, 15) is 8.78 Å². The van der Waals surface area contributed by atoms with E-state index in [4.69, 9.17) is 0 Å². The summed E-state index contributed by atoms with van der Waals surface area (Å²) in [6, 6.07) is 6.67. The minimum atomic E-state index is -2.36. The van der Waals surface area contributed by atoms with Gasteiger partial charge in [-0.15, -0.1) is 0 Å². The molecule has 0 spiro atoms. The third-order valence-corrected chi connectivity index (χ3v) is 2.59. The van der Waals surface area contributed by atoms with Crippen LogP contribution in [0.15, 0.2) is 24.3 Å². The first-order valence-electron chi connectivity index (χ1n) is 4.90. The number of benzene rings is 1. The average Bonchev–Trinajstić information content (AvgIpc) is 2.71. The first-order chi connectivity index (χ1) is 6.77. The molecule has 3 heteroatoms. The molecule has 0 atom stereocenters. The fourth-order valence-corrected chi connectivity index (χ4v) is 1.83. The van der Waals surface area contributed by atoms with Crippen LogP contribution in [0.2, 0.25) is 0 Å². The molecule has 2 rings (SSSR count).